The molecule has 2 saturated heterocycles. The van der Waals surface area contributed by atoms with Crippen LogP contribution in [0, 0.1) is 23.8 Å². The number of aliphatic hydroxyl groups excluding tert-OH is 1. The highest BCUT2D eigenvalue weighted by Crippen LogP contribution is 2.33. The van der Waals surface area contributed by atoms with E-state index in [0.717, 1.165) is 60.9 Å². The molecule has 1 amide bonds. The maximum absolute atomic E-state index is 11.9. The number of aliphatic hydroxyl groups is 1. The molecule has 464 valence electrons. The lowest BCUT2D eigenvalue weighted by Crippen LogP contribution is -2.43. The van der Waals surface area contributed by atoms with E-state index in [1.807, 2.05) is 87.2 Å². The normalized spacial score (nSPS) is 15.6. The second-order valence-electron chi connectivity index (χ2n) is 21.7. The Morgan fingerprint density at radius 1 is 0.724 bits per heavy atom. The number of nitrogens with zero attached hydrogens (tertiary/aromatic N) is 9. The smallest absolute Gasteiger partial charge is 0.411 e. The molecule has 4 atom stereocenters. The number of ether oxygens (including phenoxy) is 4. The highest BCUT2D eigenvalue weighted by Gasteiger charge is 2.41. The summed E-state index contributed by atoms with van der Waals surface area (Å²) < 4.78 is 24.3. The summed E-state index contributed by atoms with van der Waals surface area (Å²) in [5.41, 5.74) is 11.2. The lowest BCUT2D eigenvalue weighted by Gasteiger charge is -2.27. The van der Waals surface area contributed by atoms with Gasteiger partial charge in [-0.25, -0.2) is 29.5 Å². The summed E-state index contributed by atoms with van der Waals surface area (Å²) in [6.07, 6.45) is 15.6. The van der Waals surface area contributed by atoms with Gasteiger partial charge in [0.2, 0.25) is 11.9 Å². The predicted octanol–water partition coefficient (Wildman–Crippen LogP) is 9.89. The van der Waals surface area contributed by atoms with Gasteiger partial charge in [0, 0.05) is 115 Å². The van der Waals surface area contributed by atoms with Crippen LogP contribution in [0.15, 0.2) is 110 Å². The molecular weight excluding hydrogens is 1180 g/mol. The van der Waals surface area contributed by atoms with Gasteiger partial charge in [0.1, 0.15) is 43.4 Å². The molecule has 2 aliphatic rings. The number of rotatable bonds is 10. The third-order valence-corrected chi connectivity index (χ3v) is 13.5. The second-order valence-corrected chi connectivity index (χ2v) is 26.4. The van der Waals surface area contributed by atoms with Crippen molar-refractivity contribution in [2.75, 3.05) is 37.9 Å². The summed E-state index contributed by atoms with van der Waals surface area (Å²) >= 11 is 0. The molecular formula is C62H80N12O9S3Si. The average molecular weight is 1260 g/mol. The second kappa shape index (κ2) is 31.9. The van der Waals surface area contributed by atoms with Crippen LogP contribution in [0.3, 0.4) is 0 Å². The monoisotopic (exact) mass is 1260 g/mol. The van der Waals surface area contributed by atoms with E-state index in [0.29, 0.717) is 36.3 Å². The van der Waals surface area contributed by atoms with Crippen molar-refractivity contribution in [2.45, 2.75) is 98.0 Å². The van der Waals surface area contributed by atoms with E-state index >= 15 is 0 Å². The lowest BCUT2D eigenvalue weighted by atomic mass is 10.1. The summed E-state index contributed by atoms with van der Waals surface area (Å²) in [7, 11) is 4.94. The van der Waals surface area contributed by atoms with Crippen molar-refractivity contribution in [2.24, 2.45) is 14.1 Å². The van der Waals surface area contributed by atoms with Crippen molar-refractivity contribution in [3.05, 3.63) is 121 Å². The first-order valence-electron chi connectivity index (χ1n) is 26.3. The van der Waals surface area contributed by atoms with Gasteiger partial charge < -0.3 is 45.1 Å². The van der Waals surface area contributed by atoms with Crippen molar-refractivity contribution < 1.29 is 43.5 Å². The van der Waals surface area contributed by atoms with Crippen molar-refractivity contribution in [1.82, 2.24) is 49.7 Å². The Kier molecular flexibility index (Phi) is 26.8. The molecule has 87 heavy (non-hydrogen) atoms. The fourth-order valence-corrected chi connectivity index (χ4v) is 9.29. The fourth-order valence-electron chi connectivity index (χ4n) is 8.77. The van der Waals surface area contributed by atoms with Crippen molar-refractivity contribution in [1.29, 1.82) is 0 Å². The van der Waals surface area contributed by atoms with Gasteiger partial charge in [0.15, 0.2) is 0 Å². The number of nitrogens with one attached hydrogen (secondary N) is 3. The molecule has 0 unspecified atom stereocenters. The molecule has 8 aromatic rings. The molecule has 10 rings (SSSR count). The average Bonchev–Trinajstić information content (AvgIpc) is 2.57. The Hall–Kier alpha value is -8.30. The molecule has 4 aromatic carbocycles. The topological polar surface area (TPSA) is 255 Å². The summed E-state index contributed by atoms with van der Waals surface area (Å²) in [4.78, 5) is 54.4. The van der Waals surface area contributed by atoms with Gasteiger partial charge in [-0.15, -0.1) is 12.0 Å². The summed E-state index contributed by atoms with van der Waals surface area (Å²) in [5, 5.41) is 39.5. The highest BCUT2D eigenvalue weighted by molar-refractivity contribution is 7.59. The number of phenols is 1. The Bertz CT molecular complexity index is 3760. The third-order valence-electron chi connectivity index (χ3n) is 12.6. The van der Waals surface area contributed by atoms with E-state index < -0.39 is 37.9 Å². The number of amides is 1. The number of β-amino-alcohol motifs (C(OH)–C–C–N with tert-alkyl or cyclic N) is 1. The van der Waals surface area contributed by atoms with Gasteiger partial charge in [-0.2, -0.15) is 50.7 Å². The molecule has 0 saturated carbocycles. The number of methoxy groups -OCH3 is 2. The number of aryl methyl sites for hydroxylation is 2. The molecule has 2 aliphatic heterocycles. The number of carbonyl (C=O) groups excluding carboxylic acids is 3. The molecule has 0 aliphatic carbocycles. The molecule has 2 fully saturated rings. The number of hydrogen-bond donors (Lipinski definition) is 5. The van der Waals surface area contributed by atoms with E-state index in [9.17, 15) is 24.6 Å². The summed E-state index contributed by atoms with van der Waals surface area (Å²) in [6, 6.07) is 21.5. The molecule has 6 heterocycles. The minimum absolute atomic E-state index is 0. The zero-order valence-corrected chi connectivity index (χ0v) is 52.9. The van der Waals surface area contributed by atoms with E-state index in [4.69, 9.17) is 20.6 Å². The van der Waals surface area contributed by atoms with Crippen LogP contribution < -0.4 is 20.7 Å². The first kappa shape index (κ1) is 73.0. The summed E-state index contributed by atoms with van der Waals surface area (Å²) in [6.45, 7) is 12.5. The fraction of sp³-hybridized carbons (Fsp3) is 0.339. The minimum Gasteiger partial charge on any atom is -0.508 e. The van der Waals surface area contributed by atoms with Crippen LogP contribution in [0.25, 0.3) is 44.1 Å². The Balaban J connectivity index is 0.000000350. The number of esters is 2. The third kappa shape index (κ3) is 20.4. The quantitative estimate of drug-likeness (QED) is 0.0369. The van der Waals surface area contributed by atoms with Crippen LogP contribution in [0.4, 0.5) is 28.1 Å². The lowest BCUT2D eigenvalue weighted by molar-refractivity contribution is -0.145. The maximum Gasteiger partial charge on any atom is 0.411 e. The van der Waals surface area contributed by atoms with Crippen molar-refractivity contribution >= 4 is 112 Å². The van der Waals surface area contributed by atoms with Crippen LogP contribution in [-0.4, -0.2) is 138 Å². The Morgan fingerprint density at radius 3 is 1.78 bits per heavy atom. The largest absolute Gasteiger partial charge is 0.508 e. The molecule has 0 spiro atoms. The number of hydrogen-bond acceptors (Lipinski definition) is 18. The van der Waals surface area contributed by atoms with Gasteiger partial charge >= 0.3 is 18.0 Å². The van der Waals surface area contributed by atoms with E-state index in [1.54, 1.807) is 67.1 Å². The number of benzene rings is 4. The Labute approximate surface area is 530 Å². The zero-order chi connectivity index (χ0) is 58.9. The molecule has 0 radical (unpaired) electrons. The van der Waals surface area contributed by atoms with Gasteiger partial charge in [0.25, 0.3) is 0 Å². The number of likely N-dealkylation sites (tertiary alicyclic amines) is 1. The number of aromatic hydroxyl groups is 1. The van der Waals surface area contributed by atoms with Gasteiger partial charge in [-0.05, 0) is 92.6 Å². The van der Waals surface area contributed by atoms with Gasteiger partial charge in [0.05, 0.1) is 50.3 Å². The van der Waals surface area contributed by atoms with Crippen LogP contribution in [0.1, 0.15) is 59.6 Å². The number of anilines is 4. The minimum atomic E-state index is -1.42. The van der Waals surface area contributed by atoms with Gasteiger partial charge in [-0.1, -0.05) is 46.3 Å². The standard InChI is InChI=1S/C26H24N6O3.C23H23N5OSi.C11H19NO5.2CH4.3H2S/c1-4-16-5-6-23-18(7-16)12-28-26(31-23)30-20-8-17(19-13-29-32(2)15-19)9-21(10-20)35-22-11-24(27-14-22)25(33)34-3;1-28-15-19(14-25-28)17-10-20(12-21(29)11-17)26-23-24-13-18-9-16(5-6-22(18)27-23)7-8-30(2,3)4;1-11(2,3)17-10(15)12-6-7(13)5-8(12)9(14)16-4;;;;;/h1,5-10,12-13,15,22,24,27H,11,14H2,2-3H3,(H,28,30,31);5-6,9-15,29H,1-4H3,(H,24,26,27);7-8,13H,5-6H2,1-4H3;2*1H4;3*1H2/t22-,24-;;7-,8+;;;;;/m0.1...../s1. The predicted molar refractivity (Wildman–Crippen MR) is 360 cm³/mol. The number of terminal acetylenes is 1. The van der Waals surface area contributed by atoms with Crippen molar-refractivity contribution in [3.8, 4) is 57.6 Å². The molecule has 5 N–H and O–H groups in total. The number of aromatic nitrogens is 8. The van der Waals surface area contributed by atoms with E-state index in [2.05, 4.69) is 87.8 Å². The molecule has 21 nitrogen and oxygen atoms in total. The van der Waals surface area contributed by atoms with E-state index in [-0.39, 0.29) is 92.2 Å². The van der Waals surface area contributed by atoms with Crippen LogP contribution in [-0.2, 0) is 37.9 Å². The SMILES string of the molecule is C.C.C#Cc1ccc2nc(Nc3cc(O[C@@H]4CN[C@H](C(=O)OC)C4)cc(-c4cnn(C)c4)c3)ncc2c1.COC(=O)[C@@H]1C[C@@H](O)CN1C(=O)OC(C)(C)C.Cn1cc(-c2cc(O)cc(Nc3ncc4cc(C#C[Si](C)(C)C)ccc4n3)c2)cn1.S.S.S. The van der Waals surface area contributed by atoms with Crippen LogP contribution in [0.2, 0.25) is 19.6 Å². The molecule has 0 bridgehead atoms. The first-order chi connectivity index (χ1) is 39.0. The summed E-state index contributed by atoms with van der Waals surface area (Å²) in [5.74, 6) is 6.80. The van der Waals surface area contributed by atoms with Crippen LogP contribution >= 0.6 is 40.5 Å². The first-order valence-corrected chi connectivity index (χ1v) is 29.8. The maximum atomic E-state index is 11.9. The van der Waals surface area contributed by atoms with Crippen molar-refractivity contribution in [3.63, 3.8) is 0 Å². The number of carbonyl (C=O) groups is 3. The highest BCUT2D eigenvalue weighted by atomic mass is 32.1. The van der Waals surface area contributed by atoms with E-state index in [1.165, 1.54) is 19.1 Å². The zero-order valence-electron chi connectivity index (χ0n) is 48.9. The Morgan fingerprint density at radius 2 is 1.26 bits per heavy atom. The molecule has 4 aromatic heterocycles. The molecule has 25 heteroatoms. The number of fused-ring (bicyclic) bond motifs is 2. The van der Waals surface area contributed by atoms with Crippen LogP contribution in [0.5, 0.6) is 11.5 Å². The van der Waals surface area contributed by atoms with Gasteiger partial charge in [-0.3, -0.25) is 19.1 Å². The number of phenolic OH excluding ortho intramolecular Hbond substituents is 1.